The first-order chi connectivity index (χ1) is 9.04. The molecule has 1 fully saturated rings. The van der Waals surface area contributed by atoms with Crippen LogP contribution in [0.5, 0.6) is 0 Å². The van der Waals surface area contributed by atoms with Gasteiger partial charge in [-0.1, -0.05) is 0 Å². The Kier molecular flexibility index (Phi) is 3.87. The summed E-state index contributed by atoms with van der Waals surface area (Å²) in [6.07, 6.45) is 2.98. The van der Waals surface area contributed by atoms with Gasteiger partial charge < -0.3 is 16.0 Å². The lowest BCUT2D eigenvalue weighted by Crippen LogP contribution is -2.49. The largest absolute Gasteiger partial charge is 0.383 e. The number of amides is 1. The van der Waals surface area contributed by atoms with Crippen molar-refractivity contribution in [3.63, 3.8) is 0 Å². The lowest BCUT2D eigenvalue weighted by Gasteiger charge is -2.36. The van der Waals surface area contributed by atoms with E-state index < -0.39 is 0 Å². The second-order valence-electron chi connectivity index (χ2n) is 4.92. The quantitative estimate of drug-likeness (QED) is 0.823. The number of nitrogens with zero attached hydrogens (tertiary/aromatic N) is 3. The van der Waals surface area contributed by atoms with Gasteiger partial charge in [-0.2, -0.15) is 0 Å². The highest BCUT2D eigenvalue weighted by atomic mass is 16.2. The number of nitrogens with two attached hydrogens (primary N) is 1. The zero-order chi connectivity index (χ0) is 14.0. The molecule has 2 rings (SSSR count). The summed E-state index contributed by atoms with van der Waals surface area (Å²) in [4.78, 5) is 22.7. The van der Waals surface area contributed by atoms with Crippen LogP contribution < -0.4 is 16.0 Å². The lowest BCUT2D eigenvalue weighted by atomic mass is 10.0. The zero-order valence-electron chi connectivity index (χ0n) is 11.7. The Morgan fingerprint density at radius 2 is 2.11 bits per heavy atom. The Bertz CT molecular complexity index is 488. The van der Waals surface area contributed by atoms with Gasteiger partial charge in [0.25, 0.3) is 0 Å². The van der Waals surface area contributed by atoms with E-state index in [-0.39, 0.29) is 11.9 Å². The van der Waals surface area contributed by atoms with Crippen molar-refractivity contribution in [1.82, 2.24) is 15.3 Å². The summed E-state index contributed by atoms with van der Waals surface area (Å²) in [7, 11) is 1.67. The molecule has 6 heteroatoms. The van der Waals surface area contributed by atoms with Gasteiger partial charge in [-0.15, -0.1) is 0 Å². The number of aryl methyl sites for hydroxylation is 1. The fraction of sp³-hybridized carbons (Fsp3) is 0.615. The minimum Gasteiger partial charge on any atom is -0.383 e. The number of rotatable bonds is 2. The summed E-state index contributed by atoms with van der Waals surface area (Å²) in [6.45, 7) is 4.55. The SMILES string of the molecule is CNC(=O)C1CCCCN1c1nc(C)nc(N)c1C. The van der Waals surface area contributed by atoms with Crippen molar-refractivity contribution in [2.24, 2.45) is 0 Å². The van der Waals surface area contributed by atoms with E-state index in [1.807, 2.05) is 13.8 Å². The average molecular weight is 263 g/mol. The minimum absolute atomic E-state index is 0.0361. The van der Waals surface area contributed by atoms with Crippen molar-refractivity contribution >= 4 is 17.5 Å². The first kappa shape index (κ1) is 13.6. The number of hydrogen-bond donors (Lipinski definition) is 2. The topological polar surface area (TPSA) is 84.1 Å². The number of hydrogen-bond acceptors (Lipinski definition) is 5. The first-order valence-corrected chi connectivity index (χ1v) is 6.63. The van der Waals surface area contributed by atoms with Gasteiger partial charge in [-0.3, -0.25) is 4.79 Å². The molecule has 1 saturated heterocycles. The maximum atomic E-state index is 12.0. The lowest BCUT2D eigenvalue weighted by molar-refractivity contribution is -0.122. The molecule has 0 aliphatic carbocycles. The van der Waals surface area contributed by atoms with Crippen molar-refractivity contribution in [3.8, 4) is 0 Å². The van der Waals surface area contributed by atoms with Gasteiger partial charge in [0.15, 0.2) is 0 Å². The van der Waals surface area contributed by atoms with Crippen LogP contribution in [0, 0.1) is 13.8 Å². The highest BCUT2D eigenvalue weighted by Crippen LogP contribution is 2.28. The number of nitrogen functional groups attached to an aromatic ring is 1. The molecular formula is C13H21N5O. The van der Waals surface area contributed by atoms with Crippen LogP contribution in [-0.4, -0.2) is 35.5 Å². The van der Waals surface area contributed by atoms with E-state index in [0.29, 0.717) is 11.6 Å². The molecule has 1 unspecified atom stereocenters. The molecule has 1 aromatic heterocycles. The Morgan fingerprint density at radius 3 is 2.79 bits per heavy atom. The molecule has 2 heterocycles. The predicted octanol–water partition coefficient (Wildman–Crippen LogP) is 0.781. The molecule has 0 saturated carbocycles. The van der Waals surface area contributed by atoms with E-state index in [0.717, 1.165) is 37.2 Å². The van der Waals surface area contributed by atoms with Crippen LogP contribution in [0.4, 0.5) is 11.6 Å². The summed E-state index contributed by atoms with van der Waals surface area (Å²) in [6, 6.07) is -0.161. The average Bonchev–Trinajstić information content (AvgIpc) is 2.42. The Hall–Kier alpha value is -1.85. The Balaban J connectivity index is 2.40. The molecule has 1 atom stereocenters. The number of nitrogens with one attached hydrogen (secondary N) is 1. The van der Waals surface area contributed by atoms with Gasteiger partial charge in [-0.05, 0) is 33.1 Å². The van der Waals surface area contributed by atoms with Crippen LogP contribution in [0.3, 0.4) is 0 Å². The molecule has 0 bridgehead atoms. The molecule has 1 aliphatic rings. The third kappa shape index (κ3) is 2.62. The second kappa shape index (κ2) is 5.42. The third-order valence-corrected chi connectivity index (χ3v) is 3.59. The maximum absolute atomic E-state index is 12.0. The molecule has 0 aromatic carbocycles. The van der Waals surface area contributed by atoms with Gasteiger partial charge in [0.1, 0.15) is 23.5 Å². The van der Waals surface area contributed by atoms with Gasteiger partial charge in [0.05, 0.1) is 0 Å². The first-order valence-electron chi connectivity index (χ1n) is 6.63. The van der Waals surface area contributed by atoms with Crippen molar-refractivity contribution in [3.05, 3.63) is 11.4 Å². The normalized spacial score (nSPS) is 19.3. The van der Waals surface area contributed by atoms with Crippen molar-refractivity contribution < 1.29 is 4.79 Å². The van der Waals surface area contributed by atoms with Crippen LogP contribution in [-0.2, 0) is 4.79 Å². The number of piperidine rings is 1. The molecule has 19 heavy (non-hydrogen) atoms. The summed E-state index contributed by atoms with van der Waals surface area (Å²) in [5.74, 6) is 1.95. The molecule has 1 amide bonds. The number of anilines is 2. The van der Waals surface area contributed by atoms with Gasteiger partial charge >= 0.3 is 0 Å². The molecule has 3 N–H and O–H groups in total. The molecule has 1 aromatic rings. The van der Waals surface area contributed by atoms with E-state index in [1.54, 1.807) is 7.05 Å². The fourth-order valence-corrected chi connectivity index (χ4v) is 2.54. The third-order valence-electron chi connectivity index (χ3n) is 3.59. The number of carbonyl (C=O) groups excluding carboxylic acids is 1. The van der Waals surface area contributed by atoms with Crippen LogP contribution in [0.15, 0.2) is 0 Å². The highest BCUT2D eigenvalue weighted by Gasteiger charge is 2.30. The highest BCUT2D eigenvalue weighted by molar-refractivity contribution is 5.85. The number of aromatic nitrogens is 2. The standard InChI is InChI=1S/C13H21N5O/c1-8-11(14)16-9(2)17-12(8)18-7-5-4-6-10(18)13(19)15-3/h10H,4-7H2,1-3H3,(H,15,19)(H2,14,16,17). The van der Waals surface area contributed by atoms with E-state index >= 15 is 0 Å². The van der Waals surface area contributed by atoms with Crippen molar-refractivity contribution in [1.29, 1.82) is 0 Å². The van der Waals surface area contributed by atoms with Crippen LogP contribution in [0.25, 0.3) is 0 Å². The number of carbonyl (C=O) groups is 1. The minimum atomic E-state index is -0.161. The van der Waals surface area contributed by atoms with Gasteiger partial charge in [0, 0.05) is 19.2 Å². The molecular weight excluding hydrogens is 242 g/mol. The molecule has 1 aliphatic heterocycles. The fourth-order valence-electron chi connectivity index (χ4n) is 2.54. The Morgan fingerprint density at radius 1 is 1.37 bits per heavy atom. The summed E-state index contributed by atoms with van der Waals surface area (Å²) >= 11 is 0. The molecule has 6 nitrogen and oxygen atoms in total. The second-order valence-corrected chi connectivity index (χ2v) is 4.92. The van der Waals surface area contributed by atoms with Gasteiger partial charge in [0.2, 0.25) is 5.91 Å². The maximum Gasteiger partial charge on any atom is 0.242 e. The van der Waals surface area contributed by atoms with E-state index in [4.69, 9.17) is 5.73 Å². The predicted molar refractivity (Wildman–Crippen MR) is 75.0 cm³/mol. The summed E-state index contributed by atoms with van der Waals surface area (Å²) in [5, 5.41) is 2.73. The van der Waals surface area contributed by atoms with Crippen LogP contribution >= 0.6 is 0 Å². The molecule has 0 spiro atoms. The van der Waals surface area contributed by atoms with Crippen molar-refractivity contribution in [2.45, 2.75) is 39.2 Å². The van der Waals surface area contributed by atoms with E-state index in [1.165, 1.54) is 0 Å². The monoisotopic (exact) mass is 263 g/mol. The Labute approximate surface area is 113 Å². The van der Waals surface area contributed by atoms with Crippen LogP contribution in [0.2, 0.25) is 0 Å². The zero-order valence-corrected chi connectivity index (χ0v) is 11.7. The van der Waals surface area contributed by atoms with Crippen molar-refractivity contribution in [2.75, 3.05) is 24.2 Å². The summed E-state index contributed by atoms with van der Waals surface area (Å²) < 4.78 is 0. The smallest absolute Gasteiger partial charge is 0.242 e. The molecule has 104 valence electrons. The van der Waals surface area contributed by atoms with Gasteiger partial charge in [-0.25, -0.2) is 9.97 Å². The molecule has 0 radical (unpaired) electrons. The van der Waals surface area contributed by atoms with E-state index in [9.17, 15) is 4.79 Å². The number of likely N-dealkylation sites (N-methyl/N-ethyl adjacent to an activating group) is 1. The van der Waals surface area contributed by atoms with E-state index in [2.05, 4.69) is 20.2 Å². The van der Waals surface area contributed by atoms with Crippen LogP contribution in [0.1, 0.15) is 30.7 Å². The summed E-state index contributed by atoms with van der Waals surface area (Å²) in [5.41, 5.74) is 6.75.